The van der Waals surface area contributed by atoms with Crippen LogP contribution in [0, 0.1) is 0 Å². The predicted octanol–water partition coefficient (Wildman–Crippen LogP) is 1.35. The van der Waals surface area contributed by atoms with E-state index in [0.29, 0.717) is 24.5 Å². The van der Waals surface area contributed by atoms with Crippen LogP contribution in [0.15, 0.2) is 24.8 Å². The van der Waals surface area contributed by atoms with Crippen molar-refractivity contribution >= 4 is 11.7 Å². The molecular formula is C17H24N6O2. The highest BCUT2D eigenvalue weighted by Gasteiger charge is 2.30. The second-order valence-corrected chi connectivity index (χ2v) is 6.04. The first-order chi connectivity index (χ1) is 12.1. The number of rotatable bonds is 6. The Morgan fingerprint density at radius 3 is 2.76 bits per heavy atom. The lowest BCUT2D eigenvalue weighted by atomic mass is 10.3. The summed E-state index contributed by atoms with van der Waals surface area (Å²) in [7, 11) is 1.80. The van der Waals surface area contributed by atoms with E-state index < -0.39 is 0 Å². The van der Waals surface area contributed by atoms with E-state index in [9.17, 15) is 4.79 Å². The molecule has 0 saturated carbocycles. The molecular weight excluding hydrogens is 320 g/mol. The fourth-order valence-corrected chi connectivity index (χ4v) is 3.02. The van der Waals surface area contributed by atoms with Gasteiger partial charge in [-0.25, -0.2) is 9.97 Å². The lowest BCUT2D eigenvalue weighted by Gasteiger charge is -2.23. The van der Waals surface area contributed by atoms with E-state index >= 15 is 0 Å². The summed E-state index contributed by atoms with van der Waals surface area (Å²) in [4.78, 5) is 25.2. The van der Waals surface area contributed by atoms with Crippen molar-refractivity contribution in [2.45, 2.75) is 26.4 Å². The molecule has 1 aliphatic rings. The van der Waals surface area contributed by atoms with Crippen molar-refractivity contribution in [2.75, 3.05) is 31.1 Å². The summed E-state index contributed by atoms with van der Waals surface area (Å²) in [5.74, 6) is 1.28. The average Bonchev–Trinajstić information content (AvgIpc) is 3.26. The molecule has 1 saturated heterocycles. The number of aryl methyl sites for hydroxylation is 1. The van der Waals surface area contributed by atoms with Crippen LogP contribution in [-0.2, 0) is 7.05 Å². The SMILES string of the molecule is CCN(CC)c1nccnc1OC1CCN(C(=O)c2cnn(C)c2)C1. The summed E-state index contributed by atoms with van der Waals surface area (Å²) >= 11 is 0. The number of anilines is 1. The summed E-state index contributed by atoms with van der Waals surface area (Å²) in [6.45, 7) is 7.03. The van der Waals surface area contributed by atoms with Crippen molar-refractivity contribution in [2.24, 2.45) is 7.05 Å². The van der Waals surface area contributed by atoms with E-state index in [4.69, 9.17) is 4.74 Å². The van der Waals surface area contributed by atoms with Gasteiger partial charge in [-0.15, -0.1) is 0 Å². The fraction of sp³-hybridized carbons (Fsp3) is 0.529. The number of hydrogen-bond donors (Lipinski definition) is 0. The maximum Gasteiger partial charge on any atom is 0.257 e. The highest BCUT2D eigenvalue weighted by atomic mass is 16.5. The molecule has 3 rings (SSSR count). The lowest BCUT2D eigenvalue weighted by Crippen LogP contribution is -2.31. The monoisotopic (exact) mass is 344 g/mol. The second kappa shape index (κ2) is 7.50. The van der Waals surface area contributed by atoms with Crippen LogP contribution in [0.5, 0.6) is 5.88 Å². The molecule has 1 amide bonds. The molecule has 0 bridgehead atoms. The fourth-order valence-electron chi connectivity index (χ4n) is 3.02. The molecule has 1 unspecified atom stereocenters. The summed E-state index contributed by atoms with van der Waals surface area (Å²) < 4.78 is 7.71. The molecule has 1 fully saturated rings. The Morgan fingerprint density at radius 1 is 1.32 bits per heavy atom. The van der Waals surface area contributed by atoms with Crippen LogP contribution >= 0.6 is 0 Å². The summed E-state index contributed by atoms with van der Waals surface area (Å²) in [6.07, 6.45) is 7.34. The minimum Gasteiger partial charge on any atom is -0.470 e. The van der Waals surface area contributed by atoms with Crippen LogP contribution in [0.1, 0.15) is 30.6 Å². The second-order valence-electron chi connectivity index (χ2n) is 6.04. The van der Waals surface area contributed by atoms with Gasteiger partial charge in [0.2, 0.25) is 0 Å². The molecule has 2 aromatic rings. The van der Waals surface area contributed by atoms with Gasteiger partial charge in [-0.2, -0.15) is 5.10 Å². The van der Waals surface area contributed by atoms with Crippen molar-refractivity contribution in [3.05, 3.63) is 30.4 Å². The number of ether oxygens (including phenoxy) is 1. The first kappa shape index (κ1) is 17.2. The van der Waals surface area contributed by atoms with E-state index in [1.165, 1.54) is 0 Å². The number of carbonyl (C=O) groups is 1. The van der Waals surface area contributed by atoms with Crippen LogP contribution in [0.25, 0.3) is 0 Å². The van der Waals surface area contributed by atoms with Gasteiger partial charge in [0.15, 0.2) is 5.82 Å². The Balaban J connectivity index is 1.67. The molecule has 1 atom stereocenters. The zero-order valence-electron chi connectivity index (χ0n) is 14.9. The number of likely N-dealkylation sites (tertiary alicyclic amines) is 1. The first-order valence-electron chi connectivity index (χ1n) is 8.62. The lowest BCUT2D eigenvalue weighted by molar-refractivity contribution is 0.0771. The molecule has 0 aliphatic carbocycles. The molecule has 0 aromatic carbocycles. The summed E-state index contributed by atoms with van der Waals surface area (Å²) in [5.41, 5.74) is 0.603. The van der Waals surface area contributed by atoms with E-state index in [1.54, 1.807) is 41.4 Å². The molecule has 3 heterocycles. The van der Waals surface area contributed by atoms with Crippen LogP contribution in [0.2, 0.25) is 0 Å². The first-order valence-corrected chi connectivity index (χ1v) is 8.62. The van der Waals surface area contributed by atoms with E-state index in [2.05, 4.69) is 33.8 Å². The van der Waals surface area contributed by atoms with E-state index in [0.717, 1.165) is 25.3 Å². The zero-order chi connectivity index (χ0) is 17.8. The molecule has 0 N–H and O–H groups in total. The van der Waals surface area contributed by atoms with Crippen molar-refractivity contribution in [1.82, 2.24) is 24.6 Å². The molecule has 0 spiro atoms. The maximum atomic E-state index is 12.5. The van der Waals surface area contributed by atoms with Gasteiger partial charge >= 0.3 is 0 Å². The minimum atomic E-state index is -0.0772. The van der Waals surface area contributed by atoms with Gasteiger partial charge in [-0.1, -0.05) is 0 Å². The van der Waals surface area contributed by atoms with Crippen molar-refractivity contribution < 1.29 is 9.53 Å². The van der Waals surface area contributed by atoms with Gasteiger partial charge in [-0.05, 0) is 13.8 Å². The number of amides is 1. The van der Waals surface area contributed by atoms with Crippen LogP contribution in [0.3, 0.4) is 0 Å². The summed E-state index contributed by atoms with van der Waals surface area (Å²) in [6, 6.07) is 0. The highest BCUT2D eigenvalue weighted by molar-refractivity contribution is 5.93. The molecule has 1 aliphatic heterocycles. The van der Waals surface area contributed by atoms with Gasteiger partial charge in [0.1, 0.15) is 6.10 Å². The highest BCUT2D eigenvalue weighted by Crippen LogP contribution is 2.26. The van der Waals surface area contributed by atoms with Crippen molar-refractivity contribution in [3.63, 3.8) is 0 Å². The molecule has 8 nitrogen and oxygen atoms in total. The van der Waals surface area contributed by atoms with Gasteiger partial charge < -0.3 is 14.5 Å². The van der Waals surface area contributed by atoms with Crippen LogP contribution in [0.4, 0.5) is 5.82 Å². The Kier molecular flexibility index (Phi) is 5.16. The largest absolute Gasteiger partial charge is 0.470 e. The Morgan fingerprint density at radius 2 is 2.08 bits per heavy atom. The Labute approximate surface area is 147 Å². The number of nitrogens with zero attached hydrogens (tertiary/aromatic N) is 6. The van der Waals surface area contributed by atoms with Gasteiger partial charge in [0, 0.05) is 51.7 Å². The third kappa shape index (κ3) is 3.72. The van der Waals surface area contributed by atoms with Crippen LogP contribution < -0.4 is 9.64 Å². The average molecular weight is 344 g/mol. The van der Waals surface area contributed by atoms with E-state index in [-0.39, 0.29) is 12.0 Å². The van der Waals surface area contributed by atoms with E-state index in [1.807, 2.05) is 0 Å². The van der Waals surface area contributed by atoms with Crippen molar-refractivity contribution in [1.29, 1.82) is 0 Å². The Hall–Kier alpha value is -2.64. The molecule has 2 aromatic heterocycles. The Bertz CT molecular complexity index is 727. The number of carbonyl (C=O) groups excluding carboxylic acids is 1. The quantitative estimate of drug-likeness (QED) is 0.787. The third-order valence-electron chi connectivity index (χ3n) is 4.37. The normalized spacial score (nSPS) is 16.9. The molecule has 25 heavy (non-hydrogen) atoms. The summed E-state index contributed by atoms with van der Waals surface area (Å²) in [5, 5.41) is 4.06. The van der Waals surface area contributed by atoms with Gasteiger partial charge in [0.25, 0.3) is 11.8 Å². The predicted molar refractivity (Wildman–Crippen MR) is 93.7 cm³/mol. The smallest absolute Gasteiger partial charge is 0.257 e. The zero-order valence-corrected chi connectivity index (χ0v) is 14.9. The third-order valence-corrected chi connectivity index (χ3v) is 4.37. The molecule has 134 valence electrons. The molecule has 8 heteroatoms. The van der Waals surface area contributed by atoms with Gasteiger partial charge in [-0.3, -0.25) is 9.48 Å². The minimum absolute atomic E-state index is 0.0117. The van der Waals surface area contributed by atoms with Crippen LogP contribution in [-0.4, -0.2) is 62.8 Å². The topological polar surface area (TPSA) is 76.4 Å². The number of hydrogen-bond acceptors (Lipinski definition) is 6. The number of aromatic nitrogens is 4. The maximum absolute atomic E-state index is 12.5. The van der Waals surface area contributed by atoms with Crippen molar-refractivity contribution in [3.8, 4) is 5.88 Å². The standard InChI is InChI=1S/C17H24N6O2/c1-4-22(5-2)15-16(19-8-7-18-15)25-14-6-9-23(12-14)17(24)13-10-20-21(3)11-13/h7-8,10-11,14H,4-6,9,12H2,1-3H3. The van der Waals surface area contributed by atoms with Gasteiger partial charge in [0.05, 0.1) is 18.3 Å². The molecule has 0 radical (unpaired) electrons.